The predicted octanol–water partition coefficient (Wildman–Crippen LogP) is 3.89. The molecular weight excluding hydrogens is 354 g/mol. The topological polar surface area (TPSA) is 64.9 Å². The van der Waals surface area contributed by atoms with E-state index < -0.39 is 5.91 Å². The first-order valence-corrected chi connectivity index (χ1v) is 7.84. The second-order valence-electron chi connectivity index (χ2n) is 5.00. The van der Waals surface area contributed by atoms with Gasteiger partial charge in [-0.15, -0.1) is 0 Å². The summed E-state index contributed by atoms with van der Waals surface area (Å²) in [6.07, 6.45) is 1.44. The quantitative estimate of drug-likeness (QED) is 0.620. The molecule has 0 spiro atoms. The minimum absolute atomic E-state index is 0.0303. The smallest absolute Gasteiger partial charge is 0.267 e. The molecule has 0 saturated heterocycles. The molecular formula is C18H16BrN3O. The summed E-state index contributed by atoms with van der Waals surface area (Å²) >= 11 is 3.37. The molecule has 0 aliphatic heterocycles. The number of rotatable bonds is 5. The lowest BCUT2D eigenvalue weighted by Gasteiger charge is -2.06. The Morgan fingerprint density at radius 3 is 2.43 bits per heavy atom. The Hall–Kier alpha value is -2.58. The summed E-state index contributed by atoms with van der Waals surface area (Å²) in [5.74, 6) is -0.431. The van der Waals surface area contributed by atoms with E-state index in [-0.39, 0.29) is 5.57 Å². The molecule has 2 aromatic rings. The first-order valence-electron chi connectivity index (χ1n) is 7.04. The molecule has 5 heteroatoms. The van der Waals surface area contributed by atoms with Crippen LogP contribution in [0, 0.1) is 18.3 Å². The summed E-state index contributed by atoms with van der Waals surface area (Å²) in [5, 5.41) is 14.8. The van der Waals surface area contributed by atoms with E-state index in [4.69, 9.17) is 5.26 Å². The van der Waals surface area contributed by atoms with Gasteiger partial charge in [-0.05, 0) is 36.8 Å². The van der Waals surface area contributed by atoms with Crippen LogP contribution in [0.5, 0.6) is 0 Å². The lowest BCUT2D eigenvalue weighted by atomic mass is 10.2. The fourth-order valence-electron chi connectivity index (χ4n) is 1.86. The number of aryl methyl sites for hydroxylation is 1. The zero-order valence-corrected chi connectivity index (χ0v) is 14.2. The first-order chi connectivity index (χ1) is 11.1. The zero-order chi connectivity index (χ0) is 16.7. The van der Waals surface area contributed by atoms with Gasteiger partial charge in [-0.2, -0.15) is 5.26 Å². The second kappa shape index (κ2) is 8.16. The van der Waals surface area contributed by atoms with Crippen molar-refractivity contribution in [3.8, 4) is 6.07 Å². The molecule has 0 bridgehead atoms. The number of hydrogen-bond acceptors (Lipinski definition) is 3. The third-order valence-electron chi connectivity index (χ3n) is 3.14. The van der Waals surface area contributed by atoms with E-state index in [0.29, 0.717) is 12.2 Å². The fourth-order valence-corrected chi connectivity index (χ4v) is 2.12. The number of carbonyl (C=O) groups excluding carboxylic acids is 1. The van der Waals surface area contributed by atoms with E-state index >= 15 is 0 Å². The molecule has 4 nitrogen and oxygen atoms in total. The van der Waals surface area contributed by atoms with Gasteiger partial charge in [-0.25, -0.2) is 0 Å². The molecule has 0 aliphatic carbocycles. The average Bonchev–Trinajstić information content (AvgIpc) is 2.55. The molecule has 0 radical (unpaired) electrons. The summed E-state index contributed by atoms with van der Waals surface area (Å²) < 4.78 is 1.01. The van der Waals surface area contributed by atoms with Crippen LogP contribution in [0.2, 0.25) is 0 Å². The van der Waals surface area contributed by atoms with Crippen molar-refractivity contribution in [3.05, 3.63) is 75.9 Å². The van der Waals surface area contributed by atoms with Crippen molar-refractivity contribution in [1.29, 1.82) is 5.26 Å². The van der Waals surface area contributed by atoms with E-state index in [1.807, 2.05) is 49.4 Å². The summed E-state index contributed by atoms with van der Waals surface area (Å²) in [6.45, 7) is 2.51. The van der Waals surface area contributed by atoms with Crippen molar-refractivity contribution >= 4 is 27.5 Å². The largest absolute Gasteiger partial charge is 0.386 e. The van der Waals surface area contributed by atoms with Gasteiger partial charge >= 0.3 is 0 Å². The Bertz CT molecular complexity index is 743. The maximum atomic E-state index is 12.1. The summed E-state index contributed by atoms with van der Waals surface area (Å²) in [4.78, 5) is 12.1. The normalized spacial score (nSPS) is 10.7. The lowest BCUT2D eigenvalue weighted by Crippen LogP contribution is -2.16. The van der Waals surface area contributed by atoms with Crippen molar-refractivity contribution in [2.45, 2.75) is 13.5 Å². The minimum Gasteiger partial charge on any atom is -0.386 e. The maximum Gasteiger partial charge on any atom is 0.267 e. The van der Waals surface area contributed by atoms with Gasteiger partial charge < -0.3 is 10.6 Å². The van der Waals surface area contributed by atoms with Crippen LogP contribution in [0.3, 0.4) is 0 Å². The van der Waals surface area contributed by atoms with Crippen molar-refractivity contribution in [3.63, 3.8) is 0 Å². The molecule has 2 rings (SSSR count). The minimum atomic E-state index is -0.431. The second-order valence-corrected chi connectivity index (χ2v) is 5.91. The Balaban J connectivity index is 1.95. The van der Waals surface area contributed by atoms with Gasteiger partial charge in [0.1, 0.15) is 11.6 Å². The van der Waals surface area contributed by atoms with Crippen molar-refractivity contribution < 1.29 is 4.79 Å². The van der Waals surface area contributed by atoms with Gasteiger partial charge in [0.15, 0.2) is 0 Å². The van der Waals surface area contributed by atoms with E-state index in [2.05, 4.69) is 26.6 Å². The summed E-state index contributed by atoms with van der Waals surface area (Å²) in [7, 11) is 0. The SMILES string of the molecule is Cc1ccc(NC(=O)/C(C#N)=C\NCc2ccc(Br)cc2)cc1. The monoisotopic (exact) mass is 369 g/mol. The number of nitriles is 1. The molecule has 0 aromatic heterocycles. The maximum absolute atomic E-state index is 12.1. The van der Waals surface area contributed by atoms with Crippen LogP contribution in [0.25, 0.3) is 0 Å². The Kier molecular flexibility index (Phi) is 5.95. The Morgan fingerprint density at radius 1 is 1.17 bits per heavy atom. The highest BCUT2D eigenvalue weighted by atomic mass is 79.9. The van der Waals surface area contributed by atoms with Crippen LogP contribution in [0.15, 0.2) is 64.8 Å². The van der Waals surface area contributed by atoms with Gasteiger partial charge in [0, 0.05) is 22.9 Å². The third kappa shape index (κ3) is 5.28. The third-order valence-corrected chi connectivity index (χ3v) is 3.67. The molecule has 2 aromatic carbocycles. The lowest BCUT2D eigenvalue weighted by molar-refractivity contribution is -0.112. The number of amides is 1. The van der Waals surface area contributed by atoms with Crippen molar-refractivity contribution in [2.75, 3.05) is 5.32 Å². The highest BCUT2D eigenvalue weighted by Crippen LogP contribution is 2.11. The molecule has 23 heavy (non-hydrogen) atoms. The number of nitrogens with one attached hydrogen (secondary N) is 2. The van der Waals surface area contributed by atoms with Crippen LogP contribution in [0.1, 0.15) is 11.1 Å². The fraction of sp³-hybridized carbons (Fsp3) is 0.111. The molecule has 1 amide bonds. The predicted molar refractivity (Wildman–Crippen MR) is 94.5 cm³/mol. The van der Waals surface area contributed by atoms with Gasteiger partial charge in [0.05, 0.1) is 0 Å². The molecule has 0 atom stereocenters. The molecule has 0 aliphatic rings. The van der Waals surface area contributed by atoms with Gasteiger partial charge in [0.2, 0.25) is 0 Å². The van der Waals surface area contributed by atoms with E-state index in [1.165, 1.54) is 6.20 Å². The number of carbonyl (C=O) groups is 1. The van der Waals surface area contributed by atoms with E-state index in [0.717, 1.165) is 15.6 Å². The van der Waals surface area contributed by atoms with Crippen LogP contribution in [-0.2, 0) is 11.3 Å². The molecule has 0 unspecified atom stereocenters. The van der Waals surface area contributed by atoms with Crippen LogP contribution < -0.4 is 10.6 Å². The Morgan fingerprint density at radius 2 is 1.83 bits per heavy atom. The summed E-state index contributed by atoms with van der Waals surface area (Å²) in [6, 6.07) is 17.1. The van der Waals surface area contributed by atoms with Crippen LogP contribution in [0.4, 0.5) is 5.69 Å². The highest BCUT2D eigenvalue weighted by Gasteiger charge is 2.08. The van der Waals surface area contributed by atoms with Crippen molar-refractivity contribution in [2.24, 2.45) is 0 Å². The molecule has 0 fully saturated rings. The average molecular weight is 370 g/mol. The molecule has 2 N–H and O–H groups in total. The van der Waals surface area contributed by atoms with Crippen LogP contribution in [-0.4, -0.2) is 5.91 Å². The number of benzene rings is 2. The first kappa shape index (κ1) is 16.8. The molecule has 116 valence electrons. The van der Waals surface area contributed by atoms with Gasteiger partial charge in [-0.1, -0.05) is 45.8 Å². The number of halogens is 1. The summed E-state index contributed by atoms with van der Waals surface area (Å²) in [5.41, 5.74) is 2.85. The van der Waals surface area contributed by atoms with Gasteiger partial charge in [-0.3, -0.25) is 4.79 Å². The number of anilines is 1. The van der Waals surface area contributed by atoms with E-state index in [9.17, 15) is 4.79 Å². The van der Waals surface area contributed by atoms with Crippen LogP contribution >= 0.6 is 15.9 Å². The molecule has 0 saturated carbocycles. The highest BCUT2D eigenvalue weighted by molar-refractivity contribution is 9.10. The number of hydrogen-bond donors (Lipinski definition) is 2. The number of nitrogens with zero attached hydrogens (tertiary/aromatic N) is 1. The van der Waals surface area contributed by atoms with Crippen molar-refractivity contribution in [1.82, 2.24) is 5.32 Å². The standard InChI is InChI=1S/C18H16BrN3O/c1-13-2-8-17(9-3-13)22-18(23)15(10-20)12-21-11-14-4-6-16(19)7-5-14/h2-9,12,21H,11H2,1H3,(H,22,23)/b15-12-. The van der Waals surface area contributed by atoms with E-state index in [1.54, 1.807) is 12.1 Å². The Labute approximate surface area is 144 Å². The zero-order valence-electron chi connectivity index (χ0n) is 12.6. The molecule has 0 heterocycles. The van der Waals surface area contributed by atoms with Gasteiger partial charge in [0.25, 0.3) is 5.91 Å².